The van der Waals surface area contributed by atoms with E-state index >= 15 is 0 Å². The number of hydrogen-bond acceptors (Lipinski definition) is 3. The highest BCUT2D eigenvalue weighted by molar-refractivity contribution is 5.83. The highest BCUT2D eigenvalue weighted by atomic mass is 16.2. The number of carbonyl (C=O) groups excluding carboxylic acids is 2. The van der Waals surface area contributed by atoms with Gasteiger partial charge >= 0.3 is 0 Å². The van der Waals surface area contributed by atoms with E-state index in [4.69, 9.17) is 0 Å². The molecule has 5 nitrogen and oxygen atoms in total. The van der Waals surface area contributed by atoms with Crippen molar-refractivity contribution in [2.75, 3.05) is 19.6 Å². The molecule has 0 saturated carbocycles. The van der Waals surface area contributed by atoms with E-state index in [1.54, 1.807) is 17.3 Å². The van der Waals surface area contributed by atoms with E-state index < -0.39 is 0 Å². The molecular formula is C15H21N3O2. The molecule has 0 bridgehead atoms. The number of nitrogens with zero attached hydrogens (tertiary/aromatic N) is 3. The number of aromatic nitrogens is 1. The molecule has 20 heavy (non-hydrogen) atoms. The van der Waals surface area contributed by atoms with Gasteiger partial charge < -0.3 is 9.80 Å². The molecule has 5 heteroatoms. The number of pyridine rings is 1. The van der Waals surface area contributed by atoms with Crippen LogP contribution in [0.2, 0.25) is 0 Å². The summed E-state index contributed by atoms with van der Waals surface area (Å²) in [5.41, 5.74) is 0.988. The Labute approximate surface area is 119 Å². The van der Waals surface area contributed by atoms with Gasteiger partial charge in [0, 0.05) is 39.0 Å². The van der Waals surface area contributed by atoms with Crippen LogP contribution in [0.5, 0.6) is 0 Å². The van der Waals surface area contributed by atoms with Crippen molar-refractivity contribution in [2.24, 2.45) is 0 Å². The van der Waals surface area contributed by atoms with Gasteiger partial charge in [-0.15, -0.1) is 0 Å². The van der Waals surface area contributed by atoms with Crippen LogP contribution in [0.25, 0.3) is 0 Å². The molecule has 1 aliphatic rings. The summed E-state index contributed by atoms with van der Waals surface area (Å²) in [6, 6.07) is 3.72. The lowest BCUT2D eigenvalue weighted by Gasteiger charge is -2.29. The van der Waals surface area contributed by atoms with Crippen LogP contribution >= 0.6 is 0 Å². The maximum atomic E-state index is 12.2. The summed E-state index contributed by atoms with van der Waals surface area (Å²) in [5, 5.41) is 0. The number of piperidine rings is 1. The monoisotopic (exact) mass is 275 g/mol. The van der Waals surface area contributed by atoms with Crippen LogP contribution in [0.15, 0.2) is 24.5 Å². The number of carbonyl (C=O) groups is 2. The minimum absolute atomic E-state index is 0.0500. The van der Waals surface area contributed by atoms with Gasteiger partial charge in [0.05, 0.1) is 0 Å². The third-order valence-corrected chi connectivity index (χ3v) is 3.60. The summed E-state index contributed by atoms with van der Waals surface area (Å²) in [4.78, 5) is 31.3. The van der Waals surface area contributed by atoms with Crippen LogP contribution in [0.4, 0.5) is 0 Å². The molecule has 0 atom stereocenters. The van der Waals surface area contributed by atoms with Gasteiger partial charge in [-0.1, -0.05) is 0 Å². The average molecular weight is 275 g/mol. The zero-order valence-electron chi connectivity index (χ0n) is 11.9. The third-order valence-electron chi connectivity index (χ3n) is 3.60. The van der Waals surface area contributed by atoms with Gasteiger partial charge in [0.1, 0.15) is 6.54 Å². The average Bonchev–Trinajstić information content (AvgIpc) is 2.48. The van der Waals surface area contributed by atoms with Gasteiger partial charge in [0.25, 0.3) is 0 Å². The molecule has 2 rings (SSSR count). The summed E-state index contributed by atoms with van der Waals surface area (Å²) in [5.74, 6) is -0.0267. The lowest BCUT2D eigenvalue weighted by molar-refractivity contribution is -0.140. The summed E-state index contributed by atoms with van der Waals surface area (Å²) in [6.07, 6.45) is 6.71. The van der Waals surface area contributed by atoms with E-state index in [0.29, 0.717) is 6.54 Å². The molecule has 1 aromatic heterocycles. The molecule has 2 amide bonds. The first-order valence-corrected chi connectivity index (χ1v) is 7.09. The van der Waals surface area contributed by atoms with Crippen molar-refractivity contribution in [3.63, 3.8) is 0 Å². The predicted molar refractivity (Wildman–Crippen MR) is 75.8 cm³/mol. The number of hydrogen-bond donors (Lipinski definition) is 0. The molecular weight excluding hydrogens is 254 g/mol. The zero-order valence-corrected chi connectivity index (χ0v) is 11.9. The van der Waals surface area contributed by atoms with Gasteiger partial charge in [-0.25, -0.2) is 0 Å². The molecule has 0 N–H and O–H groups in total. The maximum absolute atomic E-state index is 12.2. The number of likely N-dealkylation sites (tertiary alicyclic amines) is 1. The van der Waals surface area contributed by atoms with Gasteiger partial charge in [-0.3, -0.25) is 14.6 Å². The summed E-state index contributed by atoms with van der Waals surface area (Å²) >= 11 is 0. The van der Waals surface area contributed by atoms with E-state index in [9.17, 15) is 9.59 Å². The molecule has 1 aromatic rings. The SMILES string of the molecule is CC(=O)N(CC(=O)N1CCCCC1)Cc1ccncc1. The molecule has 0 aliphatic carbocycles. The van der Waals surface area contributed by atoms with Crippen molar-refractivity contribution in [3.05, 3.63) is 30.1 Å². The normalized spacial score (nSPS) is 14.9. The summed E-state index contributed by atoms with van der Waals surface area (Å²) < 4.78 is 0. The Bertz CT molecular complexity index is 455. The molecule has 0 radical (unpaired) electrons. The third kappa shape index (κ3) is 4.05. The lowest BCUT2D eigenvalue weighted by atomic mass is 10.1. The fraction of sp³-hybridized carbons (Fsp3) is 0.533. The predicted octanol–water partition coefficient (Wildman–Crippen LogP) is 1.44. The second-order valence-corrected chi connectivity index (χ2v) is 5.17. The van der Waals surface area contributed by atoms with Gasteiger partial charge in [-0.2, -0.15) is 0 Å². The molecule has 0 aromatic carbocycles. The molecule has 1 saturated heterocycles. The first-order chi connectivity index (χ1) is 9.66. The fourth-order valence-corrected chi connectivity index (χ4v) is 2.39. The van der Waals surface area contributed by atoms with Crippen molar-refractivity contribution < 1.29 is 9.59 Å². The van der Waals surface area contributed by atoms with Crippen LogP contribution < -0.4 is 0 Å². The van der Waals surface area contributed by atoms with Crippen LogP contribution in [-0.4, -0.2) is 46.2 Å². The van der Waals surface area contributed by atoms with Crippen LogP contribution in [0.1, 0.15) is 31.7 Å². The summed E-state index contributed by atoms with van der Waals surface area (Å²) in [6.45, 7) is 3.76. The summed E-state index contributed by atoms with van der Waals surface area (Å²) in [7, 11) is 0. The minimum Gasteiger partial charge on any atom is -0.341 e. The maximum Gasteiger partial charge on any atom is 0.242 e. The zero-order chi connectivity index (χ0) is 14.4. The Balaban J connectivity index is 1.95. The molecule has 1 aliphatic heterocycles. The van der Waals surface area contributed by atoms with Crippen molar-refractivity contribution in [1.82, 2.24) is 14.8 Å². The van der Waals surface area contributed by atoms with Crippen molar-refractivity contribution >= 4 is 11.8 Å². The fourth-order valence-electron chi connectivity index (χ4n) is 2.39. The van der Waals surface area contributed by atoms with Crippen molar-refractivity contribution in [2.45, 2.75) is 32.7 Å². The Morgan fingerprint density at radius 1 is 1.20 bits per heavy atom. The van der Waals surface area contributed by atoms with Crippen molar-refractivity contribution in [1.29, 1.82) is 0 Å². The topological polar surface area (TPSA) is 53.5 Å². The van der Waals surface area contributed by atoms with E-state index in [-0.39, 0.29) is 18.4 Å². The second-order valence-electron chi connectivity index (χ2n) is 5.17. The molecule has 0 unspecified atom stereocenters. The number of amides is 2. The molecule has 1 fully saturated rings. The van der Waals surface area contributed by atoms with Crippen molar-refractivity contribution in [3.8, 4) is 0 Å². The van der Waals surface area contributed by atoms with E-state index in [1.165, 1.54) is 13.3 Å². The Kier molecular flexibility index (Phi) is 5.09. The highest BCUT2D eigenvalue weighted by Gasteiger charge is 2.20. The highest BCUT2D eigenvalue weighted by Crippen LogP contribution is 2.10. The Morgan fingerprint density at radius 3 is 2.45 bits per heavy atom. The number of rotatable bonds is 4. The molecule has 108 valence electrons. The lowest BCUT2D eigenvalue weighted by Crippen LogP contribution is -2.43. The first kappa shape index (κ1) is 14.5. The van der Waals surface area contributed by atoms with Crippen LogP contribution in [0, 0.1) is 0 Å². The molecule has 2 heterocycles. The largest absolute Gasteiger partial charge is 0.341 e. The quantitative estimate of drug-likeness (QED) is 0.835. The Morgan fingerprint density at radius 2 is 1.85 bits per heavy atom. The van der Waals surface area contributed by atoms with E-state index in [2.05, 4.69) is 4.98 Å². The molecule has 0 spiro atoms. The Hall–Kier alpha value is -1.91. The van der Waals surface area contributed by atoms with Crippen LogP contribution in [-0.2, 0) is 16.1 Å². The second kappa shape index (κ2) is 7.03. The smallest absolute Gasteiger partial charge is 0.242 e. The van der Waals surface area contributed by atoms with Gasteiger partial charge in [-0.05, 0) is 37.0 Å². The van der Waals surface area contributed by atoms with E-state index in [0.717, 1.165) is 31.5 Å². The first-order valence-electron chi connectivity index (χ1n) is 7.09. The standard InChI is InChI=1S/C15H21N3O2/c1-13(19)18(11-14-5-7-16-8-6-14)12-15(20)17-9-3-2-4-10-17/h5-8H,2-4,9-12H2,1H3. The van der Waals surface area contributed by atoms with Gasteiger partial charge in [0.15, 0.2) is 0 Å². The van der Waals surface area contributed by atoms with E-state index in [1.807, 2.05) is 17.0 Å². The van der Waals surface area contributed by atoms with Gasteiger partial charge in [0.2, 0.25) is 11.8 Å². The minimum atomic E-state index is -0.0767. The van der Waals surface area contributed by atoms with Crippen LogP contribution in [0.3, 0.4) is 0 Å².